The highest BCUT2D eigenvalue weighted by molar-refractivity contribution is 5.76. The molecule has 112 valence electrons. The van der Waals surface area contributed by atoms with Gasteiger partial charge in [-0.25, -0.2) is 4.98 Å². The van der Waals surface area contributed by atoms with E-state index < -0.39 is 0 Å². The van der Waals surface area contributed by atoms with Crippen LogP contribution in [0, 0.1) is 0 Å². The first kappa shape index (κ1) is 13.0. The van der Waals surface area contributed by atoms with Gasteiger partial charge < -0.3 is 19.2 Å². The third-order valence-electron chi connectivity index (χ3n) is 3.79. The van der Waals surface area contributed by atoms with Gasteiger partial charge in [-0.3, -0.25) is 0 Å². The van der Waals surface area contributed by atoms with Crippen LogP contribution in [0.5, 0.6) is 11.5 Å². The Morgan fingerprint density at radius 1 is 1.18 bits per heavy atom. The van der Waals surface area contributed by atoms with Crippen molar-refractivity contribution in [2.75, 3.05) is 18.7 Å². The summed E-state index contributed by atoms with van der Waals surface area (Å²) in [5.74, 6) is 2.51. The third kappa shape index (κ3) is 2.06. The van der Waals surface area contributed by atoms with E-state index in [0.717, 1.165) is 47.1 Å². The number of hydrogen-bond donors (Lipinski definition) is 1. The van der Waals surface area contributed by atoms with Gasteiger partial charge in [0.05, 0.1) is 11.2 Å². The Bertz CT molecular complexity index is 826. The van der Waals surface area contributed by atoms with Crippen LogP contribution in [-0.2, 0) is 0 Å². The predicted molar refractivity (Wildman–Crippen MR) is 85.5 cm³/mol. The lowest BCUT2D eigenvalue weighted by Crippen LogP contribution is -2.03. The standard InChI is InChI=1S/C17H17N3O2/c1-2-7-18-17-14-5-4-13(20(14)9-8-19-17)12-3-6-15-16(10-12)22-11-21-15/h3-6,8-10H,2,7,11H2,1H3,(H,18,19). The molecule has 1 N–H and O–H groups in total. The SMILES string of the molecule is CCCNc1nccn2c(-c3ccc4c(c3)OCO4)ccc12. The van der Waals surface area contributed by atoms with Crippen LogP contribution < -0.4 is 14.8 Å². The smallest absolute Gasteiger partial charge is 0.231 e. The van der Waals surface area contributed by atoms with E-state index in [-0.39, 0.29) is 0 Å². The molecule has 0 atom stereocenters. The fourth-order valence-electron chi connectivity index (χ4n) is 2.71. The van der Waals surface area contributed by atoms with Crippen molar-refractivity contribution in [3.8, 4) is 22.8 Å². The van der Waals surface area contributed by atoms with E-state index in [1.807, 2.05) is 24.5 Å². The highest BCUT2D eigenvalue weighted by Crippen LogP contribution is 2.36. The highest BCUT2D eigenvalue weighted by Gasteiger charge is 2.15. The Morgan fingerprint density at radius 2 is 2.09 bits per heavy atom. The number of rotatable bonds is 4. The van der Waals surface area contributed by atoms with Crippen LogP contribution in [0.4, 0.5) is 5.82 Å². The molecule has 3 heterocycles. The lowest BCUT2D eigenvalue weighted by Gasteiger charge is -2.08. The number of ether oxygens (including phenoxy) is 2. The number of nitrogens with zero attached hydrogens (tertiary/aromatic N) is 2. The fourth-order valence-corrected chi connectivity index (χ4v) is 2.71. The van der Waals surface area contributed by atoms with Gasteiger partial charge in [0, 0.05) is 24.5 Å². The minimum absolute atomic E-state index is 0.294. The molecule has 2 aromatic heterocycles. The Hall–Kier alpha value is -2.69. The van der Waals surface area contributed by atoms with Crippen LogP contribution >= 0.6 is 0 Å². The summed E-state index contributed by atoms with van der Waals surface area (Å²) in [4.78, 5) is 4.43. The van der Waals surface area contributed by atoms with Gasteiger partial charge in [0.25, 0.3) is 0 Å². The Labute approximate surface area is 128 Å². The molecular formula is C17H17N3O2. The maximum absolute atomic E-state index is 5.47. The van der Waals surface area contributed by atoms with Crippen molar-refractivity contribution in [3.05, 3.63) is 42.7 Å². The van der Waals surface area contributed by atoms with Crippen molar-refractivity contribution >= 4 is 11.3 Å². The molecule has 0 amide bonds. The quantitative estimate of drug-likeness (QED) is 0.799. The molecule has 0 unspecified atom stereocenters. The first-order chi connectivity index (χ1) is 10.9. The summed E-state index contributed by atoms with van der Waals surface area (Å²) >= 11 is 0. The second-order valence-corrected chi connectivity index (χ2v) is 5.24. The van der Waals surface area contributed by atoms with Crippen molar-refractivity contribution in [2.24, 2.45) is 0 Å². The van der Waals surface area contributed by atoms with Crippen molar-refractivity contribution in [3.63, 3.8) is 0 Å². The summed E-state index contributed by atoms with van der Waals surface area (Å²) < 4.78 is 13.0. The molecule has 0 fully saturated rings. The summed E-state index contributed by atoms with van der Waals surface area (Å²) in [7, 11) is 0. The number of aromatic nitrogens is 2. The van der Waals surface area contributed by atoms with Crippen LogP contribution in [-0.4, -0.2) is 22.7 Å². The maximum Gasteiger partial charge on any atom is 0.231 e. The van der Waals surface area contributed by atoms with Crippen LogP contribution in [0.3, 0.4) is 0 Å². The Balaban J connectivity index is 1.79. The maximum atomic E-state index is 5.47. The van der Waals surface area contributed by atoms with Gasteiger partial charge in [-0.2, -0.15) is 0 Å². The van der Waals surface area contributed by atoms with Gasteiger partial charge in [0.2, 0.25) is 6.79 Å². The molecule has 4 rings (SSSR count). The molecule has 0 spiro atoms. The lowest BCUT2D eigenvalue weighted by atomic mass is 10.1. The van der Waals surface area contributed by atoms with E-state index in [9.17, 15) is 0 Å². The third-order valence-corrected chi connectivity index (χ3v) is 3.79. The molecule has 0 bridgehead atoms. The molecular weight excluding hydrogens is 278 g/mol. The molecule has 3 aromatic rings. The zero-order chi connectivity index (χ0) is 14.9. The fraction of sp³-hybridized carbons (Fsp3) is 0.235. The zero-order valence-corrected chi connectivity index (χ0v) is 12.4. The average molecular weight is 295 g/mol. The van der Waals surface area contributed by atoms with E-state index in [1.165, 1.54) is 0 Å². The molecule has 0 saturated carbocycles. The first-order valence-corrected chi connectivity index (χ1v) is 7.47. The van der Waals surface area contributed by atoms with E-state index >= 15 is 0 Å². The topological polar surface area (TPSA) is 47.8 Å². The minimum Gasteiger partial charge on any atom is -0.454 e. The first-order valence-electron chi connectivity index (χ1n) is 7.47. The summed E-state index contributed by atoms with van der Waals surface area (Å²) in [6, 6.07) is 10.2. The zero-order valence-electron chi connectivity index (χ0n) is 12.4. The van der Waals surface area contributed by atoms with Crippen molar-refractivity contribution in [1.29, 1.82) is 0 Å². The van der Waals surface area contributed by atoms with Crippen LogP contribution in [0.2, 0.25) is 0 Å². The summed E-state index contributed by atoms with van der Waals surface area (Å²) in [5.41, 5.74) is 3.27. The highest BCUT2D eigenvalue weighted by atomic mass is 16.7. The van der Waals surface area contributed by atoms with E-state index in [2.05, 4.69) is 39.8 Å². The largest absolute Gasteiger partial charge is 0.454 e. The summed E-state index contributed by atoms with van der Waals surface area (Å²) in [6.45, 7) is 3.35. The summed E-state index contributed by atoms with van der Waals surface area (Å²) in [6.07, 6.45) is 4.87. The second-order valence-electron chi connectivity index (χ2n) is 5.24. The van der Waals surface area contributed by atoms with Crippen molar-refractivity contribution in [1.82, 2.24) is 9.38 Å². The lowest BCUT2D eigenvalue weighted by molar-refractivity contribution is 0.174. The Morgan fingerprint density at radius 3 is 3.00 bits per heavy atom. The van der Waals surface area contributed by atoms with Gasteiger partial charge in [0.15, 0.2) is 11.5 Å². The van der Waals surface area contributed by atoms with Gasteiger partial charge in [-0.15, -0.1) is 0 Å². The van der Waals surface area contributed by atoms with Crippen LogP contribution in [0.1, 0.15) is 13.3 Å². The Kier molecular flexibility index (Phi) is 3.11. The molecule has 0 radical (unpaired) electrons. The average Bonchev–Trinajstić information content (AvgIpc) is 3.18. The molecule has 5 heteroatoms. The number of benzene rings is 1. The number of anilines is 1. The van der Waals surface area contributed by atoms with Crippen molar-refractivity contribution in [2.45, 2.75) is 13.3 Å². The predicted octanol–water partition coefficient (Wildman–Crippen LogP) is 3.55. The molecule has 0 aliphatic carbocycles. The van der Waals surface area contributed by atoms with Gasteiger partial charge in [-0.1, -0.05) is 6.92 Å². The summed E-state index contributed by atoms with van der Waals surface area (Å²) in [5, 5.41) is 3.37. The molecule has 1 aromatic carbocycles. The van der Waals surface area contributed by atoms with Gasteiger partial charge in [0.1, 0.15) is 5.82 Å². The number of nitrogens with one attached hydrogen (secondary N) is 1. The molecule has 0 saturated heterocycles. The van der Waals surface area contributed by atoms with Gasteiger partial charge >= 0.3 is 0 Å². The number of hydrogen-bond acceptors (Lipinski definition) is 4. The molecule has 1 aliphatic rings. The van der Waals surface area contributed by atoms with E-state index in [4.69, 9.17) is 9.47 Å². The van der Waals surface area contributed by atoms with E-state index in [1.54, 1.807) is 0 Å². The molecule has 1 aliphatic heterocycles. The minimum atomic E-state index is 0.294. The van der Waals surface area contributed by atoms with Gasteiger partial charge in [-0.05, 0) is 36.8 Å². The van der Waals surface area contributed by atoms with Crippen LogP contribution in [0.25, 0.3) is 16.8 Å². The molecule has 5 nitrogen and oxygen atoms in total. The van der Waals surface area contributed by atoms with E-state index in [0.29, 0.717) is 6.79 Å². The van der Waals surface area contributed by atoms with Crippen LogP contribution in [0.15, 0.2) is 42.7 Å². The second kappa shape index (κ2) is 5.26. The normalized spacial score (nSPS) is 12.8. The number of fused-ring (bicyclic) bond motifs is 2. The van der Waals surface area contributed by atoms with Crippen molar-refractivity contribution < 1.29 is 9.47 Å². The molecule has 22 heavy (non-hydrogen) atoms. The monoisotopic (exact) mass is 295 g/mol.